The van der Waals surface area contributed by atoms with Crippen molar-refractivity contribution in [1.29, 1.82) is 0 Å². The number of hydrogen-bond acceptors (Lipinski definition) is 9. The van der Waals surface area contributed by atoms with Gasteiger partial charge in [-0.1, -0.05) is 0 Å². The molecule has 178 valence electrons. The van der Waals surface area contributed by atoms with Gasteiger partial charge in [-0.05, 0) is 61.9 Å². The quantitative estimate of drug-likeness (QED) is 0.269. The number of methoxy groups -OCH3 is 1. The van der Waals surface area contributed by atoms with E-state index in [1.165, 1.54) is 49.7 Å². The zero-order chi connectivity index (χ0) is 25.1. The van der Waals surface area contributed by atoms with Crippen LogP contribution in [0.4, 0.5) is 5.69 Å². The third kappa shape index (κ3) is 8.20. The van der Waals surface area contributed by atoms with Crippen LogP contribution in [0.15, 0.2) is 65.9 Å². The van der Waals surface area contributed by atoms with Crippen molar-refractivity contribution in [1.82, 2.24) is 10.4 Å². The Morgan fingerprint density at radius 3 is 2.38 bits per heavy atom. The molecule has 11 nitrogen and oxygen atoms in total. The van der Waals surface area contributed by atoms with E-state index >= 15 is 0 Å². The van der Waals surface area contributed by atoms with Crippen molar-refractivity contribution >= 4 is 17.8 Å². The van der Waals surface area contributed by atoms with Crippen molar-refractivity contribution in [2.45, 2.75) is 20.0 Å². The first-order valence-electron chi connectivity index (χ1n) is 9.96. The average Bonchev–Trinajstić information content (AvgIpc) is 2.80. The number of nitrogens with one attached hydrogen (secondary N) is 1. The van der Waals surface area contributed by atoms with E-state index in [2.05, 4.69) is 15.5 Å². The number of hydrogen-bond donors (Lipinski definition) is 3. The standard InChI is InChI=1S/C20H16N4O6.C3H8O/c1-29-18-10-13(11-22-23-20(26)14-3-6-16(25)7-4-14)2-8-17(18)30-19-9-5-15(12-21-19)24(27)28;1-3(2)4/h2-12,25H,1H3,(H,23,26);3-4H,1-2H3. The zero-order valence-corrected chi connectivity index (χ0v) is 18.7. The van der Waals surface area contributed by atoms with Gasteiger partial charge in [-0.15, -0.1) is 0 Å². The number of aromatic nitrogens is 1. The van der Waals surface area contributed by atoms with Gasteiger partial charge in [0.2, 0.25) is 5.88 Å². The second-order valence-electron chi connectivity index (χ2n) is 6.96. The lowest BCUT2D eigenvalue weighted by atomic mass is 10.2. The lowest BCUT2D eigenvalue weighted by molar-refractivity contribution is -0.385. The first-order chi connectivity index (χ1) is 16.2. The highest BCUT2D eigenvalue weighted by atomic mass is 16.6. The largest absolute Gasteiger partial charge is 0.508 e. The second-order valence-corrected chi connectivity index (χ2v) is 6.96. The van der Waals surface area contributed by atoms with Crippen LogP contribution < -0.4 is 14.9 Å². The zero-order valence-electron chi connectivity index (χ0n) is 18.7. The molecule has 0 saturated heterocycles. The third-order valence-corrected chi connectivity index (χ3v) is 3.84. The van der Waals surface area contributed by atoms with Gasteiger partial charge in [-0.2, -0.15) is 5.10 Å². The number of carbonyl (C=O) groups excluding carboxylic acids is 1. The van der Waals surface area contributed by atoms with Crippen LogP contribution >= 0.6 is 0 Å². The normalized spacial score (nSPS) is 10.4. The maximum absolute atomic E-state index is 12.0. The molecular weight excluding hydrogens is 444 g/mol. The van der Waals surface area contributed by atoms with Gasteiger partial charge < -0.3 is 19.7 Å². The maximum Gasteiger partial charge on any atom is 0.287 e. The minimum Gasteiger partial charge on any atom is -0.508 e. The molecule has 0 aliphatic rings. The van der Waals surface area contributed by atoms with E-state index in [0.717, 1.165) is 6.20 Å². The van der Waals surface area contributed by atoms with Crippen molar-refractivity contribution in [3.63, 3.8) is 0 Å². The van der Waals surface area contributed by atoms with Gasteiger partial charge in [-0.25, -0.2) is 10.4 Å². The van der Waals surface area contributed by atoms with Gasteiger partial charge in [0, 0.05) is 23.8 Å². The smallest absolute Gasteiger partial charge is 0.287 e. The van der Waals surface area contributed by atoms with E-state index in [1.807, 2.05) is 0 Å². The fraction of sp³-hybridized carbons (Fsp3) is 0.174. The average molecular weight is 468 g/mol. The Morgan fingerprint density at radius 1 is 1.15 bits per heavy atom. The summed E-state index contributed by atoms with van der Waals surface area (Å²) in [5, 5.41) is 31.9. The summed E-state index contributed by atoms with van der Waals surface area (Å²) in [5.74, 6) is 0.533. The van der Waals surface area contributed by atoms with E-state index in [0.29, 0.717) is 22.6 Å². The predicted octanol–water partition coefficient (Wildman–Crippen LogP) is 3.65. The molecule has 0 radical (unpaired) electrons. The Labute approximate surface area is 195 Å². The molecule has 0 bridgehead atoms. The van der Waals surface area contributed by atoms with Crippen molar-refractivity contribution in [3.8, 4) is 23.1 Å². The number of ether oxygens (including phenoxy) is 2. The van der Waals surface area contributed by atoms with Gasteiger partial charge in [0.05, 0.1) is 18.2 Å². The lowest BCUT2D eigenvalue weighted by Gasteiger charge is -2.10. The number of carbonyl (C=O) groups is 1. The summed E-state index contributed by atoms with van der Waals surface area (Å²) >= 11 is 0. The van der Waals surface area contributed by atoms with Crippen molar-refractivity contribution < 1.29 is 29.4 Å². The molecule has 3 rings (SSSR count). The number of nitro groups is 1. The number of pyridine rings is 1. The van der Waals surface area contributed by atoms with E-state index in [-0.39, 0.29) is 23.4 Å². The molecule has 2 aromatic carbocycles. The van der Waals surface area contributed by atoms with Crippen LogP contribution in [0, 0.1) is 10.1 Å². The maximum atomic E-state index is 12.0. The Hall–Kier alpha value is -4.51. The van der Waals surface area contributed by atoms with Crippen LogP contribution in [0.2, 0.25) is 0 Å². The predicted molar refractivity (Wildman–Crippen MR) is 124 cm³/mol. The summed E-state index contributed by atoms with van der Waals surface area (Å²) in [6.45, 7) is 3.44. The molecule has 3 aromatic rings. The van der Waals surface area contributed by atoms with Crippen LogP contribution in [0.1, 0.15) is 29.8 Å². The minimum absolute atomic E-state index is 0.0633. The summed E-state index contributed by atoms with van der Waals surface area (Å²) in [7, 11) is 1.46. The van der Waals surface area contributed by atoms with E-state index in [9.17, 15) is 20.0 Å². The molecule has 11 heteroatoms. The number of nitrogens with zero attached hydrogens (tertiary/aromatic N) is 3. The molecule has 0 atom stereocenters. The third-order valence-electron chi connectivity index (χ3n) is 3.84. The van der Waals surface area contributed by atoms with Gasteiger partial charge in [0.1, 0.15) is 11.9 Å². The first-order valence-corrected chi connectivity index (χ1v) is 9.96. The molecule has 0 spiro atoms. The molecule has 34 heavy (non-hydrogen) atoms. The Morgan fingerprint density at radius 2 is 1.82 bits per heavy atom. The molecule has 1 heterocycles. The summed E-state index contributed by atoms with van der Waals surface area (Å²) in [5.41, 5.74) is 3.22. The first kappa shape index (κ1) is 25.7. The number of hydrazone groups is 1. The number of benzene rings is 2. The number of aliphatic hydroxyl groups is 1. The van der Waals surface area contributed by atoms with E-state index in [1.54, 1.807) is 32.0 Å². The van der Waals surface area contributed by atoms with E-state index in [4.69, 9.17) is 14.6 Å². The van der Waals surface area contributed by atoms with Crippen LogP contribution in [0.25, 0.3) is 0 Å². The van der Waals surface area contributed by atoms with Crippen LogP contribution in [0.5, 0.6) is 23.1 Å². The summed E-state index contributed by atoms with van der Waals surface area (Å²) < 4.78 is 10.9. The molecule has 0 saturated carbocycles. The lowest BCUT2D eigenvalue weighted by Crippen LogP contribution is -2.17. The Kier molecular flexibility index (Phi) is 9.47. The topological polar surface area (TPSA) is 156 Å². The highest BCUT2D eigenvalue weighted by Crippen LogP contribution is 2.31. The molecule has 1 amide bonds. The fourth-order valence-electron chi connectivity index (χ4n) is 2.35. The summed E-state index contributed by atoms with van der Waals surface area (Å²) in [6.07, 6.45) is 2.36. The molecule has 0 aliphatic heterocycles. The van der Waals surface area contributed by atoms with Crippen molar-refractivity contribution in [2.24, 2.45) is 5.10 Å². The number of aliphatic hydroxyl groups excluding tert-OH is 1. The number of phenols is 1. The molecule has 0 aliphatic carbocycles. The van der Waals surface area contributed by atoms with Crippen LogP contribution in [0.3, 0.4) is 0 Å². The Bertz CT molecular complexity index is 1130. The van der Waals surface area contributed by atoms with Crippen LogP contribution in [-0.4, -0.2) is 45.5 Å². The minimum atomic E-state index is -0.550. The van der Waals surface area contributed by atoms with Gasteiger partial charge in [-0.3, -0.25) is 14.9 Å². The van der Waals surface area contributed by atoms with Gasteiger partial charge in [0.15, 0.2) is 11.5 Å². The van der Waals surface area contributed by atoms with Gasteiger partial charge >= 0.3 is 0 Å². The molecule has 1 aromatic heterocycles. The molecule has 0 fully saturated rings. The molecular formula is C23H24N4O7. The fourth-order valence-corrected chi connectivity index (χ4v) is 2.35. The Balaban J connectivity index is 0.000000945. The number of rotatable bonds is 7. The van der Waals surface area contributed by atoms with Crippen molar-refractivity contribution in [2.75, 3.05) is 7.11 Å². The number of phenolic OH excluding ortho intramolecular Hbond substituents is 1. The van der Waals surface area contributed by atoms with Crippen molar-refractivity contribution in [3.05, 3.63) is 82.0 Å². The second kappa shape index (κ2) is 12.5. The van der Waals surface area contributed by atoms with E-state index < -0.39 is 10.8 Å². The SMILES string of the molecule is CC(C)O.COc1cc(C=NNC(=O)c2ccc(O)cc2)ccc1Oc1ccc([N+](=O)[O-])cn1. The number of aromatic hydroxyl groups is 1. The number of amides is 1. The summed E-state index contributed by atoms with van der Waals surface area (Å²) in [6, 6.07) is 13.4. The van der Waals surface area contributed by atoms with Gasteiger partial charge in [0.25, 0.3) is 11.6 Å². The highest BCUT2D eigenvalue weighted by molar-refractivity contribution is 5.95. The van der Waals surface area contributed by atoms with Crippen LogP contribution in [-0.2, 0) is 0 Å². The monoisotopic (exact) mass is 468 g/mol. The highest BCUT2D eigenvalue weighted by Gasteiger charge is 2.10. The molecule has 0 unspecified atom stereocenters. The molecule has 3 N–H and O–H groups in total. The summed E-state index contributed by atoms with van der Waals surface area (Å²) in [4.78, 5) is 26.0.